The Morgan fingerprint density at radius 2 is 1.44 bits per heavy atom. The van der Waals surface area contributed by atoms with Gasteiger partial charge in [0.25, 0.3) is 8.32 Å². The van der Waals surface area contributed by atoms with Crippen molar-refractivity contribution in [1.29, 1.82) is 0 Å². The zero-order valence-electron chi connectivity index (χ0n) is 21.4. The SMILES string of the molecule is CC(=O)OC[C@H]1[C@H](C=O)[C@H]2O[C@@H]1[C@H](O[Si](c1ccccc1)(c1ccccc1)C(C)(C)C)[C@H]2OC(C)=O. The van der Waals surface area contributed by atoms with Gasteiger partial charge in [-0.15, -0.1) is 0 Å². The van der Waals surface area contributed by atoms with Crippen LogP contribution in [0, 0.1) is 11.8 Å². The van der Waals surface area contributed by atoms with Crippen molar-refractivity contribution in [2.24, 2.45) is 11.8 Å². The van der Waals surface area contributed by atoms with E-state index in [0.717, 1.165) is 16.7 Å². The first-order chi connectivity index (χ1) is 17.1. The van der Waals surface area contributed by atoms with E-state index in [0.29, 0.717) is 0 Å². The number of fused-ring (bicyclic) bond motifs is 2. The van der Waals surface area contributed by atoms with Gasteiger partial charge in [0.2, 0.25) is 0 Å². The van der Waals surface area contributed by atoms with Crippen molar-refractivity contribution in [3.8, 4) is 0 Å². The van der Waals surface area contributed by atoms with Crippen LogP contribution in [0.15, 0.2) is 60.7 Å². The molecule has 2 aliphatic rings. The molecule has 2 saturated heterocycles. The molecule has 192 valence electrons. The highest BCUT2D eigenvalue weighted by Crippen LogP contribution is 2.48. The highest BCUT2D eigenvalue weighted by molar-refractivity contribution is 6.99. The summed E-state index contributed by atoms with van der Waals surface area (Å²) in [6.07, 6.45) is -1.82. The fourth-order valence-electron chi connectivity index (χ4n) is 5.78. The predicted molar refractivity (Wildman–Crippen MR) is 136 cm³/mol. The van der Waals surface area contributed by atoms with Crippen LogP contribution in [0.3, 0.4) is 0 Å². The Balaban J connectivity index is 1.84. The number of benzene rings is 2. The van der Waals surface area contributed by atoms with Gasteiger partial charge in [0.05, 0.1) is 18.6 Å². The first kappa shape index (κ1) is 26.3. The highest BCUT2D eigenvalue weighted by atomic mass is 28.4. The summed E-state index contributed by atoms with van der Waals surface area (Å²) in [5, 5.41) is 1.85. The van der Waals surface area contributed by atoms with Gasteiger partial charge >= 0.3 is 11.9 Å². The average molecular weight is 511 g/mol. The number of carbonyl (C=O) groups is 3. The summed E-state index contributed by atoms with van der Waals surface area (Å²) in [5.74, 6) is -1.86. The van der Waals surface area contributed by atoms with Crippen molar-refractivity contribution in [3.05, 3.63) is 60.7 Å². The van der Waals surface area contributed by atoms with Gasteiger partial charge in [-0.05, 0) is 15.4 Å². The van der Waals surface area contributed by atoms with Crippen LogP contribution in [0.25, 0.3) is 0 Å². The molecule has 2 fully saturated rings. The van der Waals surface area contributed by atoms with Crippen molar-refractivity contribution in [2.45, 2.75) is 64.1 Å². The third-order valence-corrected chi connectivity index (χ3v) is 12.3. The smallest absolute Gasteiger partial charge is 0.303 e. The quantitative estimate of drug-likeness (QED) is 0.306. The van der Waals surface area contributed by atoms with Gasteiger partial charge in [0.1, 0.15) is 18.5 Å². The van der Waals surface area contributed by atoms with Crippen LogP contribution in [-0.2, 0) is 33.0 Å². The van der Waals surface area contributed by atoms with Crippen molar-refractivity contribution in [3.63, 3.8) is 0 Å². The molecule has 7 nitrogen and oxygen atoms in total. The van der Waals surface area contributed by atoms with E-state index in [2.05, 4.69) is 45.0 Å². The molecular formula is C28H34O7Si. The van der Waals surface area contributed by atoms with Gasteiger partial charge < -0.3 is 23.4 Å². The summed E-state index contributed by atoms with van der Waals surface area (Å²) in [6.45, 7) is 9.21. The molecule has 2 aromatic carbocycles. The topological polar surface area (TPSA) is 88.1 Å². The minimum absolute atomic E-state index is 0.0350. The second-order valence-electron chi connectivity index (χ2n) is 10.6. The van der Waals surface area contributed by atoms with Crippen LogP contribution in [0.4, 0.5) is 0 Å². The third-order valence-electron chi connectivity index (χ3n) is 7.25. The normalized spacial score (nSPS) is 27.5. The second kappa shape index (κ2) is 10.3. The Morgan fingerprint density at radius 3 is 1.89 bits per heavy atom. The Hall–Kier alpha value is -2.81. The van der Waals surface area contributed by atoms with Crippen molar-refractivity contribution >= 4 is 36.9 Å². The van der Waals surface area contributed by atoms with Crippen molar-refractivity contribution < 1.29 is 33.0 Å². The number of hydrogen-bond acceptors (Lipinski definition) is 7. The molecular weight excluding hydrogens is 476 g/mol. The zero-order chi connectivity index (χ0) is 26.1. The maximum Gasteiger partial charge on any atom is 0.303 e. The first-order valence-electron chi connectivity index (χ1n) is 12.3. The Bertz CT molecular complexity index is 1040. The van der Waals surface area contributed by atoms with Crippen LogP contribution < -0.4 is 10.4 Å². The molecule has 8 heteroatoms. The molecule has 0 unspecified atom stereocenters. The Labute approximate surface area is 213 Å². The lowest BCUT2D eigenvalue weighted by Gasteiger charge is -2.47. The number of carbonyl (C=O) groups excluding carboxylic acids is 3. The highest BCUT2D eigenvalue weighted by Gasteiger charge is 2.65. The first-order valence-corrected chi connectivity index (χ1v) is 14.2. The molecule has 2 aromatic rings. The standard InChI is InChI=1S/C28H34O7Si/c1-18(30)32-17-23-22(16-29)24-26(33-19(2)31)27(25(23)34-24)35-36(28(3,4)5,20-12-8-6-9-13-20)21-14-10-7-11-15-21/h6-16,22-27H,17H2,1-5H3/t22-,23-,24+,25-,26-,27-/m0/s1. The minimum Gasteiger partial charge on any atom is -0.465 e. The number of ether oxygens (including phenoxy) is 3. The van der Waals surface area contributed by atoms with E-state index in [1.54, 1.807) is 0 Å². The van der Waals surface area contributed by atoms with Crippen molar-refractivity contribution in [2.75, 3.05) is 6.61 Å². The number of esters is 2. The van der Waals surface area contributed by atoms with Gasteiger partial charge in [0, 0.05) is 19.8 Å². The summed E-state index contributed by atoms with van der Waals surface area (Å²) in [5.41, 5.74) is 0. The monoisotopic (exact) mass is 510 g/mol. The number of rotatable bonds is 8. The molecule has 0 amide bonds. The second-order valence-corrected chi connectivity index (χ2v) is 14.8. The Morgan fingerprint density at radius 1 is 0.889 bits per heavy atom. The van der Waals surface area contributed by atoms with E-state index in [9.17, 15) is 14.4 Å². The van der Waals surface area contributed by atoms with Gasteiger partial charge in [-0.25, -0.2) is 0 Å². The zero-order valence-corrected chi connectivity index (χ0v) is 22.4. The van der Waals surface area contributed by atoms with Crippen LogP contribution in [0.1, 0.15) is 34.6 Å². The molecule has 2 aliphatic heterocycles. The maximum absolute atomic E-state index is 12.1. The predicted octanol–water partition coefficient (Wildman–Crippen LogP) is 2.64. The summed E-state index contributed by atoms with van der Waals surface area (Å²) in [4.78, 5) is 35.8. The molecule has 0 saturated carbocycles. The summed E-state index contributed by atoms with van der Waals surface area (Å²) < 4.78 is 24.6. The lowest BCUT2D eigenvalue weighted by atomic mass is 9.77. The summed E-state index contributed by atoms with van der Waals surface area (Å²) in [6, 6.07) is 20.3. The van der Waals surface area contributed by atoms with E-state index < -0.39 is 56.5 Å². The van der Waals surface area contributed by atoms with Gasteiger partial charge in [-0.3, -0.25) is 9.59 Å². The molecule has 4 rings (SSSR count). The van der Waals surface area contributed by atoms with Gasteiger partial charge in [0.15, 0.2) is 6.10 Å². The van der Waals surface area contributed by atoms with Gasteiger partial charge in [-0.2, -0.15) is 0 Å². The lowest BCUT2D eigenvalue weighted by molar-refractivity contribution is -0.157. The van der Waals surface area contributed by atoms with E-state index in [1.807, 2.05) is 36.4 Å². The fraction of sp³-hybridized carbons (Fsp3) is 0.464. The van der Waals surface area contributed by atoms with Crippen LogP contribution in [0.2, 0.25) is 5.04 Å². The number of hydrogen-bond donors (Lipinski definition) is 0. The molecule has 0 N–H and O–H groups in total. The van der Waals surface area contributed by atoms with E-state index in [4.69, 9.17) is 18.6 Å². The molecule has 6 atom stereocenters. The van der Waals surface area contributed by atoms with Crippen LogP contribution >= 0.6 is 0 Å². The third kappa shape index (κ3) is 4.65. The van der Waals surface area contributed by atoms with E-state index >= 15 is 0 Å². The van der Waals surface area contributed by atoms with E-state index in [1.165, 1.54) is 13.8 Å². The molecule has 0 radical (unpaired) electrons. The van der Waals surface area contributed by atoms with Crippen molar-refractivity contribution in [1.82, 2.24) is 0 Å². The van der Waals surface area contributed by atoms with Crippen LogP contribution in [-0.4, -0.2) is 57.6 Å². The number of aldehydes is 1. The average Bonchev–Trinajstić information content (AvgIpc) is 3.36. The maximum atomic E-state index is 12.1. The fourth-order valence-corrected chi connectivity index (χ4v) is 10.5. The Kier molecular flexibility index (Phi) is 7.50. The van der Waals surface area contributed by atoms with Crippen LogP contribution in [0.5, 0.6) is 0 Å². The molecule has 0 spiro atoms. The van der Waals surface area contributed by atoms with Gasteiger partial charge in [-0.1, -0.05) is 81.4 Å². The summed E-state index contributed by atoms with van der Waals surface area (Å²) >= 11 is 0. The largest absolute Gasteiger partial charge is 0.465 e. The molecule has 2 bridgehead atoms. The molecule has 2 heterocycles. The minimum atomic E-state index is -3.02. The van der Waals surface area contributed by atoms with E-state index in [-0.39, 0.29) is 11.6 Å². The lowest BCUT2D eigenvalue weighted by Crippen LogP contribution is -2.70. The molecule has 36 heavy (non-hydrogen) atoms. The molecule has 0 aromatic heterocycles. The summed E-state index contributed by atoms with van der Waals surface area (Å²) in [7, 11) is -3.02. The molecule has 0 aliphatic carbocycles.